The molecule has 0 amide bonds. The predicted octanol–water partition coefficient (Wildman–Crippen LogP) is 15.9. The molecule has 6 heterocycles. The molecule has 0 atom stereocenters. The molecule has 77 heavy (non-hydrogen) atoms. The van der Waals surface area contributed by atoms with E-state index < -0.39 is 0 Å². The molecule has 12 rings (SSSR count). The number of para-hydroxylation sites is 2. The molecule has 0 aliphatic carbocycles. The van der Waals surface area contributed by atoms with Crippen LogP contribution >= 0.6 is 0 Å². The van der Waals surface area contributed by atoms with Gasteiger partial charge in [0, 0.05) is 46.4 Å². The number of hydrogen-bond acceptors (Lipinski definition) is 7. The summed E-state index contributed by atoms with van der Waals surface area (Å²) in [6, 6.07) is 52.5. The summed E-state index contributed by atoms with van der Waals surface area (Å²) in [5.41, 5.74) is 9.30. The van der Waals surface area contributed by atoms with Gasteiger partial charge in [0.05, 0.1) is 0 Å². The van der Waals surface area contributed by atoms with E-state index in [2.05, 4.69) is 228 Å². The van der Waals surface area contributed by atoms with Crippen molar-refractivity contribution in [2.24, 2.45) is 0 Å². The van der Waals surface area contributed by atoms with Crippen LogP contribution in [0.15, 0.2) is 134 Å². The predicted molar refractivity (Wildman–Crippen MR) is 302 cm³/mol. The zero-order valence-electron chi connectivity index (χ0n) is 45.2. The summed E-state index contributed by atoms with van der Waals surface area (Å²) in [6.07, 6.45) is 6.79. The Morgan fingerprint density at radius 2 is 0.792 bits per heavy atom. The second kappa shape index (κ2) is 19.5. The Labute approximate surface area is 478 Å². The van der Waals surface area contributed by atoms with Gasteiger partial charge in [-0.15, -0.1) is 59.7 Å². The molecule has 0 saturated heterocycles. The van der Waals surface area contributed by atoms with Gasteiger partial charge in [0.1, 0.15) is 24.3 Å². The summed E-state index contributed by atoms with van der Waals surface area (Å²) in [6.45, 7) is 26.8. The normalized spacial score (nSPS) is 12.5. The molecule has 0 aliphatic heterocycles. The van der Waals surface area contributed by atoms with E-state index in [1.54, 1.807) is 0 Å². The minimum Gasteiger partial charge on any atom is -0.509 e. The summed E-state index contributed by atoms with van der Waals surface area (Å²) < 4.78 is 20.1. The van der Waals surface area contributed by atoms with Gasteiger partial charge >= 0.3 is 42.1 Å². The van der Waals surface area contributed by atoms with Crippen LogP contribution in [0.2, 0.25) is 0 Å². The first kappa shape index (κ1) is 53.4. The fourth-order valence-corrected chi connectivity index (χ4v) is 10.5. The van der Waals surface area contributed by atoms with Crippen LogP contribution in [-0.4, -0.2) is 38.6 Å². The molecular weight excluding hydrogens is 1310 g/mol. The zero-order chi connectivity index (χ0) is 52.3. The second-order valence-electron chi connectivity index (χ2n) is 23.7. The van der Waals surface area contributed by atoms with Crippen LogP contribution in [0.4, 0.5) is 0 Å². The van der Waals surface area contributed by atoms with Crippen LogP contribution in [-0.2, 0) is 63.8 Å². The molecule has 10 nitrogen and oxygen atoms in total. The molecule has 0 saturated carbocycles. The zero-order valence-corrected chi connectivity index (χ0v) is 49.8. The van der Waals surface area contributed by atoms with Crippen molar-refractivity contribution >= 4 is 65.4 Å². The Morgan fingerprint density at radius 3 is 1.19 bits per heavy atom. The molecule has 390 valence electrons. The number of fused-ring (bicyclic) bond motifs is 9. The number of aromatic nitrogens is 8. The second-order valence-corrected chi connectivity index (χ2v) is 23.7. The van der Waals surface area contributed by atoms with E-state index in [1.165, 1.54) is 23.8 Å². The summed E-state index contributed by atoms with van der Waals surface area (Å²) in [5, 5.41) is 6.33. The van der Waals surface area contributed by atoms with E-state index in [-0.39, 0.29) is 63.8 Å². The van der Waals surface area contributed by atoms with Gasteiger partial charge in [0.25, 0.3) is 0 Å². The van der Waals surface area contributed by atoms with Crippen LogP contribution in [0.3, 0.4) is 0 Å². The van der Waals surface area contributed by atoms with E-state index in [0.29, 0.717) is 40.0 Å². The minimum absolute atomic E-state index is 0. The maximum atomic E-state index is 6.89. The van der Waals surface area contributed by atoms with Gasteiger partial charge in [-0.1, -0.05) is 152 Å². The number of nitrogens with zero attached hydrogens (tertiary/aromatic N) is 8. The average molecular weight is 1370 g/mol. The first-order valence-electron chi connectivity index (χ1n) is 25.6. The molecule has 0 unspecified atom stereocenters. The summed E-state index contributed by atoms with van der Waals surface area (Å²) >= 11 is 0. The summed E-state index contributed by atoms with van der Waals surface area (Å²) in [5.74, 6) is 4.17. The van der Waals surface area contributed by atoms with E-state index in [1.807, 2.05) is 29.1 Å². The van der Waals surface area contributed by atoms with Crippen molar-refractivity contribution in [3.05, 3.63) is 181 Å². The number of benzene rings is 6. The maximum Gasteiger partial charge on any atom is 2.00 e. The third kappa shape index (κ3) is 9.46. The first-order chi connectivity index (χ1) is 35.7. The van der Waals surface area contributed by atoms with Crippen molar-refractivity contribution in [2.75, 3.05) is 0 Å². The molecule has 0 radical (unpaired) electrons. The number of hydrogen-bond donors (Lipinski definition) is 0. The molecule has 12 heteroatoms. The van der Waals surface area contributed by atoms with E-state index in [4.69, 9.17) is 19.4 Å². The first-order valence-corrected chi connectivity index (χ1v) is 25.6. The Balaban J connectivity index is 0.00000336. The molecular formula is C65H58N8O2Pt2. The van der Waals surface area contributed by atoms with Crippen molar-refractivity contribution in [3.8, 4) is 40.6 Å². The van der Waals surface area contributed by atoms with Crippen LogP contribution in [0.1, 0.15) is 105 Å². The Kier molecular flexibility index (Phi) is 13.5. The number of ether oxygens (including phenoxy) is 2. The topological polar surface area (TPSA) is 97.7 Å². The van der Waals surface area contributed by atoms with Gasteiger partial charge in [-0.2, -0.15) is 22.9 Å². The Morgan fingerprint density at radius 1 is 0.390 bits per heavy atom. The van der Waals surface area contributed by atoms with Gasteiger partial charge < -0.3 is 23.2 Å². The molecule has 6 aromatic heterocycles. The SMILES string of the molecule is CC(C)(C)c1ccnc(-n2c3[c-]c(Oc4[c-]c5c(cc4)c4ccc(Oc6[c-]c7c(c(C(C)(C)C)c6)c6ccccc6n7-c6cc(C(C)(C)C)ccn6)[c-]c4n5-c4ncncn4)cc(C(C)(C)C)c3c3ccccc32)c1.[Pt+2].[Pt+2]. The van der Waals surface area contributed by atoms with Crippen molar-refractivity contribution < 1.29 is 51.6 Å². The van der Waals surface area contributed by atoms with Gasteiger partial charge in [-0.3, -0.25) is 0 Å². The van der Waals surface area contributed by atoms with Crippen LogP contribution in [0, 0.1) is 24.3 Å². The van der Waals surface area contributed by atoms with Crippen LogP contribution < -0.4 is 9.47 Å². The minimum atomic E-state index is -0.249. The van der Waals surface area contributed by atoms with E-state index in [0.717, 1.165) is 77.1 Å². The van der Waals surface area contributed by atoms with Crippen molar-refractivity contribution in [1.29, 1.82) is 0 Å². The standard InChI is InChI=1S/C65H58N8O2.2Pt/c1-62(2,3)39-25-27-67-57(29-39)71-51-19-15-13-17-47(51)59-49(64(7,8)9)31-43(35-55(59)71)74-41-21-23-45-46-24-22-42(34-54(46)73(53(45)33-41)61-69-37-66-38-70-61)75-44-32-50(65(10,11)12)60-48-18-14-16-20-52(48)72(56(60)36-44)58-30-40(26-28-68-58)63(4,5)6;;/h13-32,37-38H,1-12H3;;/q-4;2*+2. The van der Waals surface area contributed by atoms with E-state index >= 15 is 0 Å². The average Bonchev–Trinajstić information content (AvgIpc) is 4.16. The van der Waals surface area contributed by atoms with Gasteiger partial charge in [0.15, 0.2) is 0 Å². The molecule has 0 fully saturated rings. The monoisotopic (exact) mass is 1370 g/mol. The van der Waals surface area contributed by atoms with Crippen LogP contribution in [0.5, 0.6) is 23.0 Å². The van der Waals surface area contributed by atoms with Gasteiger partial charge in [-0.25, -0.2) is 24.9 Å². The third-order valence-electron chi connectivity index (χ3n) is 14.3. The van der Waals surface area contributed by atoms with Crippen LogP contribution in [0.25, 0.3) is 83.0 Å². The van der Waals surface area contributed by atoms with Crippen molar-refractivity contribution in [3.63, 3.8) is 0 Å². The Bertz CT molecular complexity index is 3990. The maximum absolute atomic E-state index is 6.89. The molecule has 0 N–H and O–H groups in total. The third-order valence-corrected chi connectivity index (χ3v) is 14.3. The molecule has 6 aromatic carbocycles. The molecule has 0 bridgehead atoms. The largest absolute Gasteiger partial charge is 2.00 e. The summed E-state index contributed by atoms with van der Waals surface area (Å²) in [7, 11) is 0. The molecule has 0 spiro atoms. The van der Waals surface area contributed by atoms with Crippen molar-refractivity contribution in [1.82, 2.24) is 38.6 Å². The quantitative estimate of drug-likeness (QED) is 0.147. The van der Waals surface area contributed by atoms with Crippen molar-refractivity contribution in [2.45, 2.75) is 105 Å². The molecule has 12 aromatic rings. The smallest absolute Gasteiger partial charge is 0.509 e. The summed E-state index contributed by atoms with van der Waals surface area (Å²) in [4.78, 5) is 23.3. The number of rotatable bonds is 7. The Hall–Kier alpha value is -6.99. The van der Waals surface area contributed by atoms with E-state index in [9.17, 15) is 0 Å². The van der Waals surface area contributed by atoms with Gasteiger partial charge in [-0.05, 0) is 80.0 Å². The fourth-order valence-electron chi connectivity index (χ4n) is 10.5. The fraction of sp³-hybridized carbons (Fsp3) is 0.246. The molecule has 0 aliphatic rings. The van der Waals surface area contributed by atoms with Gasteiger partial charge in [0.2, 0.25) is 5.95 Å². The number of pyridine rings is 2.